The lowest BCUT2D eigenvalue weighted by Crippen LogP contribution is -2.15. The SMILES string of the molecule is C=C(Nc1ccncc1)c1ccc(C)c(N=C(N=CN)c2[nH]cc(C(=C)NC/C(=C/C=C\C)CC)c2C)c1. The molecule has 2 heterocycles. The first-order valence-corrected chi connectivity index (χ1v) is 12.6. The normalized spacial score (nSPS) is 12.3. The summed E-state index contributed by atoms with van der Waals surface area (Å²) in [6.45, 7) is 17.4. The Balaban J connectivity index is 1.87. The molecule has 0 aliphatic carbocycles. The monoisotopic (exact) mass is 507 g/mol. The van der Waals surface area contributed by atoms with Gasteiger partial charge in [0.1, 0.15) is 0 Å². The number of allylic oxidation sites excluding steroid dienone is 3. The Hall–Kier alpha value is -4.65. The van der Waals surface area contributed by atoms with Crippen LogP contribution in [0.5, 0.6) is 0 Å². The van der Waals surface area contributed by atoms with Crippen LogP contribution in [0.15, 0.2) is 95.9 Å². The minimum atomic E-state index is 0.485. The summed E-state index contributed by atoms with van der Waals surface area (Å²) >= 11 is 0. The van der Waals surface area contributed by atoms with E-state index in [1.54, 1.807) is 12.4 Å². The van der Waals surface area contributed by atoms with Gasteiger partial charge in [-0.05, 0) is 62.1 Å². The van der Waals surface area contributed by atoms with E-state index in [0.717, 1.165) is 63.7 Å². The maximum atomic E-state index is 5.72. The van der Waals surface area contributed by atoms with Crippen LogP contribution >= 0.6 is 0 Å². The summed E-state index contributed by atoms with van der Waals surface area (Å²) in [4.78, 5) is 16.6. The lowest BCUT2D eigenvalue weighted by atomic mass is 10.1. The third-order valence-electron chi connectivity index (χ3n) is 6.15. The maximum absolute atomic E-state index is 5.72. The molecule has 2 aromatic heterocycles. The summed E-state index contributed by atoms with van der Waals surface area (Å²) in [5.41, 5.74) is 15.0. The van der Waals surface area contributed by atoms with Crippen LogP contribution < -0.4 is 16.4 Å². The molecule has 7 heteroatoms. The molecule has 5 N–H and O–H groups in total. The number of nitrogens with one attached hydrogen (secondary N) is 3. The predicted molar refractivity (Wildman–Crippen MR) is 163 cm³/mol. The lowest BCUT2D eigenvalue weighted by Gasteiger charge is -2.12. The molecule has 0 atom stereocenters. The third-order valence-corrected chi connectivity index (χ3v) is 6.15. The number of rotatable bonds is 11. The van der Waals surface area contributed by atoms with Gasteiger partial charge in [0, 0.05) is 47.8 Å². The number of aryl methyl sites for hydroxylation is 1. The molecule has 1 aromatic carbocycles. The number of pyridine rings is 1. The van der Waals surface area contributed by atoms with Crippen LogP contribution in [0.1, 0.15) is 48.2 Å². The highest BCUT2D eigenvalue weighted by Gasteiger charge is 2.15. The maximum Gasteiger partial charge on any atom is 0.178 e. The van der Waals surface area contributed by atoms with Crippen LogP contribution in [0.3, 0.4) is 0 Å². The number of aliphatic imine (C=N–C) groups is 2. The smallest absolute Gasteiger partial charge is 0.178 e. The zero-order valence-electron chi connectivity index (χ0n) is 22.7. The van der Waals surface area contributed by atoms with Gasteiger partial charge in [0.25, 0.3) is 0 Å². The zero-order chi connectivity index (χ0) is 27.5. The van der Waals surface area contributed by atoms with Crippen LogP contribution in [-0.2, 0) is 0 Å². The van der Waals surface area contributed by atoms with Crippen molar-refractivity contribution in [1.29, 1.82) is 0 Å². The van der Waals surface area contributed by atoms with Crippen molar-refractivity contribution in [3.05, 3.63) is 114 Å². The molecule has 3 aromatic rings. The fourth-order valence-corrected chi connectivity index (χ4v) is 3.82. The van der Waals surface area contributed by atoms with Crippen molar-refractivity contribution in [3.63, 3.8) is 0 Å². The number of hydrogen-bond donors (Lipinski definition) is 4. The van der Waals surface area contributed by atoms with E-state index in [2.05, 4.69) is 57.8 Å². The van der Waals surface area contributed by atoms with E-state index in [9.17, 15) is 0 Å². The summed E-state index contributed by atoms with van der Waals surface area (Å²) < 4.78 is 0. The molecule has 7 nitrogen and oxygen atoms in total. The van der Waals surface area contributed by atoms with Gasteiger partial charge in [-0.1, -0.05) is 56.0 Å². The van der Waals surface area contributed by atoms with Crippen molar-refractivity contribution in [1.82, 2.24) is 15.3 Å². The van der Waals surface area contributed by atoms with E-state index in [1.807, 2.05) is 63.4 Å². The first-order chi connectivity index (χ1) is 18.4. The van der Waals surface area contributed by atoms with E-state index in [1.165, 1.54) is 11.9 Å². The third kappa shape index (κ3) is 7.20. The fourth-order valence-electron chi connectivity index (χ4n) is 3.82. The van der Waals surface area contributed by atoms with Gasteiger partial charge in [0.2, 0.25) is 0 Å². The van der Waals surface area contributed by atoms with Gasteiger partial charge in [0.15, 0.2) is 5.84 Å². The average Bonchev–Trinajstić information content (AvgIpc) is 3.31. The number of H-pyrrole nitrogens is 1. The molecule has 0 aliphatic heterocycles. The van der Waals surface area contributed by atoms with Crippen molar-refractivity contribution in [3.8, 4) is 0 Å². The lowest BCUT2D eigenvalue weighted by molar-refractivity contribution is 0.903. The first-order valence-electron chi connectivity index (χ1n) is 12.6. The Labute approximate surface area is 225 Å². The Morgan fingerprint density at radius 2 is 1.89 bits per heavy atom. The van der Waals surface area contributed by atoms with Gasteiger partial charge in [-0.3, -0.25) is 4.98 Å². The summed E-state index contributed by atoms with van der Waals surface area (Å²) in [6, 6.07) is 9.80. The van der Waals surface area contributed by atoms with Crippen molar-refractivity contribution in [2.75, 3.05) is 11.9 Å². The number of benzene rings is 1. The number of anilines is 1. The molecule has 196 valence electrons. The molecular weight excluding hydrogens is 470 g/mol. The number of aromatic amines is 1. The molecule has 38 heavy (non-hydrogen) atoms. The molecule has 0 aliphatic rings. The van der Waals surface area contributed by atoms with Crippen molar-refractivity contribution >= 4 is 34.9 Å². The Morgan fingerprint density at radius 1 is 1.13 bits per heavy atom. The van der Waals surface area contributed by atoms with Crippen LogP contribution in [-0.4, -0.2) is 28.7 Å². The molecular formula is C31H37N7. The molecule has 0 bridgehead atoms. The van der Waals surface area contributed by atoms with Crippen molar-refractivity contribution in [2.24, 2.45) is 15.7 Å². The first kappa shape index (κ1) is 27.9. The largest absolute Gasteiger partial charge is 0.390 e. The minimum Gasteiger partial charge on any atom is -0.390 e. The molecule has 0 saturated carbocycles. The summed E-state index contributed by atoms with van der Waals surface area (Å²) in [5.74, 6) is 0.485. The second-order valence-electron chi connectivity index (χ2n) is 8.79. The standard InChI is InChI=1S/C31H37N7/c1-7-9-10-25(8-2)18-34-24(6)28-19-35-30(22(28)4)31(36-20-32)38-29-17-26(12-11-21(29)3)23(5)37-27-13-15-33-16-14-27/h7,9-17,19-20,34-35H,5-6,8,18H2,1-4H3,(H,33,37)(H2,32,36,38)/b9-7-,25-10+. The molecule has 3 rings (SSSR count). The second kappa shape index (κ2) is 13.6. The zero-order valence-corrected chi connectivity index (χ0v) is 22.7. The highest BCUT2D eigenvalue weighted by Crippen LogP contribution is 2.27. The molecule has 0 fully saturated rings. The number of amidine groups is 1. The summed E-state index contributed by atoms with van der Waals surface area (Å²) in [7, 11) is 0. The number of hydrogen-bond acceptors (Lipinski definition) is 4. The molecule has 0 amide bonds. The molecule has 0 radical (unpaired) electrons. The Kier molecular flexibility index (Phi) is 10.00. The highest BCUT2D eigenvalue weighted by molar-refractivity contribution is 6.04. The van der Waals surface area contributed by atoms with Crippen LogP contribution in [0.4, 0.5) is 11.4 Å². The Bertz CT molecular complexity index is 1390. The predicted octanol–water partition coefficient (Wildman–Crippen LogP) is 6.65. The van der Waals surface area contributed by atoms with Gasteiger partial charge in [-0.15, -0.1) is 0 Å². The summed E-state index contributed by atoms with van der Waals surface area (Å²) in [5, 5.41) is 6.75. The minimum absolute atomic E-state index is 0.485. The fraction of sp³-hybridized carbons (Fsp3) is 0.194. The average molecular weight is 508 g/mol. The van der Waals surface area contributed by atoms with E-state index >= 15 is 0 Å². The molecule has 0 spiro atoms. The molecule has 0 saturated heterocycles. The van der Waals surface area contributed by atoms with Crippen molar-refractivity contribution in [2.45, 2.75) is 34.1 Å². The molecule has 0 unspecified atom stereocenters. The summed E-state index contributed by atoms with van der Waals surface area (Å²) in [6.07, 6.45) is 13.8. The van der Waals surface area contributed by atoms with Gasteiger partial charge in [0.05, 0.1) is 17.7 Å². The quantitative estimate of drug-likeness (QED) is 0.133. The van der Waals surface area contributed by atoms with Crippen molar-refractivity contribution < 1.29 is 0 Å². The second-order valence-corrected chi connectivity index (χ2v) is 8.79. The van der Waals surface area contributed by atoms with Crippen LogP contribution in [0.25, 0.3) is 11.4 Å². The van der Waals surface area contributed by atoms with Gasteiger partial charge in [-0.25, -0.2) is 9.98 Å². The van der Waals surface area contributed by atoms with Crippen LogP contribution in [0, 0.1) is 13.8 Å². The number of nitrogens with two attached hydrogens (primary N) is 1. The van der Waals surface area contributed by atoms with Crippen LogP contribution in [0.2, 0.25) is 0 Å². The van der Waals surface area contributed by atoms with Gasteiger partial charge in [-0.2, -0.15) is 0 Å². The number of nitrogens with zero attached hydrogens (tertiary/aromatic N) is 3. The van der Waals surface area contributed by atoms with E-state index in [4.69, 9.17) is 10.7 Å². The number of aromatic nitrogens is 2. The van der Waals surface area contributed by atoms with Gasteiger partial charge >= 0.3 is 0 Å². The van der Waals surface area contributed by atoms with E-state index in [-0.39, 0.29) is 0 Å². The highest BCUT2D eigenvalue weighted by atomic mass is 15.0. The van der Waals surface area contributed by atoms with Gasteiger partial charge < -0.3 is 21.4 Å². The topological polar surface area (TPSA) is 103 Å². The Morgan fingerprint density at radius 3 is 2.58 bits per heavy atom. The van der Waals surface area contributed by atoms with E-state index < -0.39 is 0 Å². The van der Waals surface area contributed by atoms with E-state index in [0.29, 0.717) is 5.84 Å².